The van der Waals surface area contributed by atoms with Crippen LogP contribution in [0.5, 0.6) is 0 Å². The molecule has 1 heteroatoms. The van der Waals surface area contributed by atoms with Crippen molar-refractivity contribution in [1.82, 2.24) is 0 Å². The molecule has 0 saturated heterocycles. The summed E-state index contributed by atoms with van der Waals surface area (Å²) in [7, 11) is 1.71. The summed E-state index contributed by atoms with van der Waals surface area (Å²) < 4.78 is 5.30. The third kappa shape index (κ3) is 2.02. The molecular formula is C16H16O. The van der Waals surface area contributed by atoms with E-state index in [4.69, 9.17) is 4.74 Å². The molecule has 0 heterocycles. The van der Waals surface area contributed by atoms with Crippen LogP contribution in [0.3, 0.4) is 0 Å². The summed E-state index contributed by atoms with van der Waals surface area (Å²) in [5.74, 6) is 0. The second-order valence-corrected chi connectivity index (χ2v) is 3.92. The van der Waals surface area contributed by atoms with E-state index < -0.39 is 0 Å². The number of benzene rings is 2. The maximum atomic E-state index is 5.30. The number of ether oxygens (including phenoxy) is 1. The molecule has 0 aliphatic carbocycles. The Balaban J connectivity index is 2.85. The smallest absolute Gasteiger partial charge is 0.0725 e. The van der Waals surface area contributed by atoms with Gasteiger partial charge in [-0.05, 0) is 33.5 Å². The number of fused-ring (bicyclic) bond motifs is 1. The first kappa shape index (κ1) is 11.6. The van der Waals surface area contributed by atoms with Gasteiger partial charge in [-0.1, -0.05) is 49.6 Å². The van der Waals surface area contributed by atoms with Crippen molar-refractivity contribution in [3.63, 3.8) is 0 Å². The second kappa shape index (κ2) is 4.98. The third-order valence-corrected chi connectivity index (χ3v) is 2.95. The van der Waals surface area contributed by atoms with Crippen LogP contribution >= 0.6 is 0 Å². The van der Waals surface area contributed by atoms with Crippen LogP contribution in [0.25, 0.3) is 22.9 Å². The Bertz CT molecular complexity index is 567. The molecule has 86 valence electrons. The van der Waals surface area contributed by atoms with E-state index in [-0.39, 0.29) is 0 Å². The molecule has 0 spiro atoms. The molecule has 0 aliphatic rings. The lowest BCUT2D eigenvalue weighted by atomic mass is 9.94. The second-order valence-electron chi connectivity index (χ2n) is 3.92. The van der Waals surface area contributed by atoms with Gasteiger partial charge in [0, 0.05) is 7.11 Å². The molecule has 0 saturated carbocycles. The fraction of sp³-hybridized carbons (Fsp3) is 0.125. The van der Waals surface area contributed by atoms with Crippen LogP contribution in [0.4, 0.5) is 0 Å². The Morgan fingerprint density at radius 2 is 1.94 bits per heavy atom. The Morgan fingerprint density at radius 1 is 1.18 bits per heavy atom. The van der Waals surface area contributed by atoms with Crippen LogP contribution in [-0.4, -0.2) is 7.11 Å². The van der Waals surface area contributed by atoms with Gasteiger partial charge in [-0.15, -0.1) is 0 Å². The van der Waals surface area contributed by atoms with Crippen LogP contribution in [0.15, 0.2) is 43.5 Å². The molecule has 0 amide bonds. The molecule has 17 heavy (non-hydrogen) atoms. The summed E-state index contributed by atoms with van der Waals surface area (Å²) in [5.41, 5.74) is 3.39. The normalized spacial score (nSPS) is 10.4. The van der Waals surface area contributed by atoms with Crippen molar-refractivity contribution >= 4 is 22.9 Å². The van der Waals surface area contributed by atoms with Crippen molar-refractivity contribution in [2.24, 2.45) is 0 Å². The van der Waals surface area contributed by atoms with Gasteiger partial charge in [0.15, 0.2) is 0 Å². The first-order chi connectivity index (χ1) is 8.31. The van der Waals surface area contributed by atoms with E-state index in [2.05, 4.69) is 31.4 Å². The van der Waals surface area contributed by atoms with Gasteiger partial charge in [-0.3, -0.25) is 0 Å². The fourth-order valence-electron chi connectivity index (χ4n) is 2.17. The Hall–Kier alpha value is -1.86. The minimum absolute atomic E-state index is 0.587. The highest BCUT2D eigenvalue weighted by molar-refractivity contribution is 5.92. The summed E-state index contributed by atoms with van der Waals surface area (Å²) >= 11 is 0. The Labute approximate surface area is 102 Å². The van der Waals surface area contributed by atoms with Gasteiger partial charge in [-0.2, -0.15) is 0 Å². The predicted molar refractivity (Wildman–Crippen MR) is 74.8 cm³/mol. The van der Waals surface area contributed by atoms with Crippen molar-refractivity contribution in [1.29, 1.82) is 0 Å². The van der Waals surface area contributed by atoms with Gasteiger partial charge in [0.25, 0.3) is 0 Å². The summed E-state index contributed by atoms with van der Waals surface area (Å²) in [6, 6.07) is 10.4. The molecule has 0 fully saturated rings. The molecule has 2 rings (SSSR count). The monoisotopic (exact) mass is 224 g/mol. The van der Waals surface area contributed by atoms with Gasteiger partial charge >= 0.3 is 0 Å². The minimum atomic E-state index is 0.587. The summed E-state index contributed by atoms with van der Waals surface area (Å²) in [5, 5.41) is 2.43. The molecule has 0 aliphatic heterocycles. The largest absolute Gasteiger partial charge is 0.380 e. The zero-order valence-electron chi connectivity index (χ0n) is 10.1. The highest BCUT2D eigenvalue weighted by Crippen LogP contribution is 2.28. The fourth-order valence-corrected chi connectivity index (χ4v) is 2.17. The molecule has 0 radical (unpaired) electrons. The van der Waals surface area contributed by atoms with E-state index in [1.807, 2.05) is 24.3 Å². The SMILES string of the molecule is C=Cc1cc2ccccc2c(COC)c1C=C. The van der Waals surface area contributed by atoms with Crippen LogP contribution in [0.1, 0.15) is 16.7 Å². The van der Waals surface area contributed by atoms with Crippen LogP contribution in [0, 0.1) is 0 Å². The highest BCUT2D eigenvalue weighted by Gasteiger charge is 2.08. The van der Waals surface area contributed by atoms with Crippen molar-refractivity contribution in [2.75, 3.05) is 7.11 Å². The molecule has 0 bridgehead atoms. The van der Waals surface area contributed by atoms with Gasteiger partial charge in [-0.25, -0.2) is 0 Å². The van der Waals surface area contributed by atoms with E-state index in [1.54, 1.807) is 7.11 Å². The Morgan fingerprint density at radius 3 is 2.59 bits per heavy atom. The number of hydrogen-bond donors (Lipinski definition) is 0. The lowest BCUT2D eigenvalue weighted by Crippen LogP contribution is -1.96. The molecule has 0 aromatic heterocycles. The standard InChI is InChI=1S/C16H16O/c1-4-12-10-13-8-6-7-9-15(13)16(11-17-3)14(12)5-2/h4-10H,1-2,11H2,3H3. The predicted octanol–water partition coefficient (Wildman–Crippen LogP) is 4.27. The van der Waals surface area contributed by atoms with Gasteiger partial charge < -0.3 is 4.74 Å². The van der Waals surface area contributed by atoms with Crippen molar-refractivity contribution in [3.05, 3.63) is 60.2 Å². The van der Waals surface area contributed by atoms with Gasteiger partial charge in [0.05, 0.1) is 6.61 Å². The maximum absolute atomic E-state index is 5.30. The summed E-state index contributed by atoms with van der Waals surface area (Å²) in [6.07, 6.45) is 3.74. The topological polar surface area (TPSA) is 9.23 Å². The first-order valence-corrected chi connectivity index (χ1v) is 5.60. The average molecular weight is 224 g/mol. The zero-order chi connectivity index (χ0) is 12.3. The molecule has 0 atom stereocenters. The highest BCUT2D eigenvalue weighted by atomic mass is 16.5. The molecule has 1 nitrogen and oxygen atoms in total. The van der Waals surface area contributed by atoms with E-state index >= 15 is 0 Å². The quantitative estimate of drug-likeness (QED) is 0.753. The van der Waals surface area contributed by atoms with Crippen molar-refractivity contribution < 1.29 is 4.74 Å². The Kier molecular flexibility index (Phi) is 3.40. The molecule has 0 N–H and O–H groups in total. The van der Waals surface area contributed by atoms with E-state index in [1.165, 1.54) is 16.3 Å². The number of hydrogen-bond acceptors (Lipinski definition) is 1. The van der Waals surface area contributed by atoms with Crippen molar-refractivity contribution in [3.8, 4) is 0 Å². The van der Waals surface area contributed by atoms with Gasteiger partial charge in [0.1, 0.15) is 0 Å². The van der Waals surface area contributed by atoms with E-state index in [0.717, 1.165) is 11.1 Å². The lowest BCUT2D eigenvalue weighted by molar-refractivity contribution is 0.186. The molecular weight excluding hydrogens is 208 g/mol. The molecule has 2 aromatic rings. The van der Waals surface area contributed by atoms with Crippen molar-refractivity contribution in [2.45, 2.75) is 6.61 Å². The maximum Gasteiger partial charge on any atom is 0.0725 e. The van der Waals surface area contributed by atoms with Crippen LogP contribution in [-0.2, 0) is 11.3 Å². The number of rotatable bonds is 4. The third-order valence-electron chi connectivity index (χ3n) is 2.95. The molecule has 0 unspecified atom stereocenters. The first-order valence-electron chi connectivity index (χ1n) is 5.60. The number of methoxy groups -OCH3 is 1. The minimum Gasteiger partial charge on any atom is -0.380 e. The summed E-state index contributed by atoms with van der Waals surface area (Å²) in [4.78, 5) is 0. The van der Waals surface area contributed by atoms with E-state index in [9.17, 15) is 0 Å². The van der Waals surface area contributed by atoms with Crippen LogP contribution in [0.2, 0.25) is 0 Å². The van der Waals surface area contributed by atoms with E-state index in [0.29, 0.717) is 6.61 Å². The van der Waals surface area contributed by atoms with Gasteiger partial charge in [0.2, 0.25) is 0 Å². The molecule has 2 aromatic carbocycles. The zero-order valence-corrected chi connectivity index (χ0v) is 10.1. The lowest BCUT2D eigenvalue weighted by Gasteiger charge is -2.13. The summed E-state index contributed by atoms with van der Waals surface area (Å²) in [6.45, 7) is 8.33. The van der Waals surface area contributed by atoms with Crippen LogP contribution < -0.4 is 0 Å². The average Bonchev–Trinajstić information content (AvgIpc) is 2.38.